The summed E-state index contributed by atoms with van der Waals surface area (Å²) in [6.07, 6.45) is 1.19. The molecule has 0 saturated carbocycles. The van der Waals surface area contributed by atoms with Crippen molar-refractivity contribution in [2.75, 3.05) is 5.32 Å². The lowest BCUT2D eigenvalue weighted by molar-refractivity contribution is -0.112. The largest absolute Gasteiger partial charge is 0.508 e. The second-order valence-corrected chi connectivity index (χ2v) is 4.37. The zero-order valence-corrected chi connectivity index (χ0v) is 11.2. The van der Waals surface area contributed by atoms with E-state index in [1.807, 2.05) is 0 Å². The van der Waals surface area contributed by atoms with Crippen molar-refractivity contribution < 1.29 is 19.4 Å². The maximum absolute atomic E-state index is 12.8. The minimum absolute atomic E-state index is 0.135. The van der Waals surface area contributed by atoms with E-state index in [-0.39, 0.29) is 22.6 Å². The number of phenolic OH excluding ortho intramolecular Hbond substituents is 2. The number of aromatic hydroxyl groups is 2. The predicted octanol–water partition coefficient (Wildman–Crippen LogP) is 2.78. The molecule has 0 saturated heterocycles. The number of nitrogens with one attached hydrogen (secondary N) is 1. The normalized spacial score (nSPS) is 10.8. The van der Waals surface area contributed by atoms with Crippen LogP contribution in [0.2, 0.25) is 0 Å². The summed E-state index contributed by atoms with van der Waals surface area (Å²) >= 11 is 0. The first-order chi connectivity index (χ1) is 10.5. The van der Waals surface area contributed by atoms with Crippen LogP contribution in [0.5, 0.6) is 11.5 Å². The quantitative estimate of drug-likeness (QED) is 0.600. The average Bonchev–Trinajstić information content (AvgIpc) is 2.49. The Morgan fingerprint density at radius 2 is 1.86 bits per heavy atom. The van der Waals surface area contributed by atoms with Gasteiger partial charge in [0.25, 0.3) is 5.91 Å². The van der Waals surface area contributed by atoms with Crippen molar-refractivity contribution in [1.29, 1.82) is 5.26 Å². The molecule has 0 fully saturated rings. The number of benzene rings is 2. The number of nitrogens with zero attached hydrogens (tertiary/aromatic N) is 1. The van der Waals surface area contributed by atoms with Crippen LogP contribution in [0.25, 0.3) is 6.08 Å². The molecule has 22 heavy (non-hydrogen) atoms. The molecule has 0 radical (unpaired) electrons. The van der Waals surface area contributed by atoms with Crippen LogP contribution in [0.1, 0.15) is 5.56 Å². The molecule has 110 valence electrons. The standard InChI is InChI=1S/C16H11FN2O3/c17-12-2-4-13(5-3-12)19-16(22)11(9-18)7-10-1-6-14(20)8-15(10)21/h1-8,20-21H,(H,19,22). The Morgan fingerprint density at radius 3 is 2.45 bits per heavy atom. The third-order valence-corrected chi connectivity index (χ3v) is 2.78. The van der Waals surface area contributed by atoms with Gasteiger partial charge in [0.05, 0.1) is 0 Å². The molecule has 0 unspecified atom stereocenters. The van der Waals surface area contributed by atoms with Crippen molar-refractivity contribution in [3.8, 4) is 17.6 Å². The Morgan fingerprint density at radius 1 is 1.18 bits per heavy atom. The number of carbonyl (C=O) groups excluding carboxylic acids is 1. The van der Waals surface area contributed by atoms with Gasteiger partial charge >= 0.3 is 0 Å². The number of anilines is 1. The number of carbonyl (C=O) groups is 1. The van der Waals surface area contributed by atoms with E-state index >= 15 is 0 Å². The molecule has 0 aliphatic rings. The molecule has 5 nitrogen and oxygen atoms in total. The molecule has 2 rings (SSSR count). The molecule has 6 heteroatoms. The summed E-state index contributed by atoms with van der Waals surface area (Å²) < 4.78 is 12.8. The van der Waals surface area contributed by atoms with Crippen molar-refractivity contribution in [1.82, 2.24) is 0 Å². The smallest absolute Gasteiger partial charge is 0.266 e. The van der Waals surface area contributed by atoms with Gasteiger partial charge in [0.15, 0.2) is 0 Å². The zero-order chi connectivity index (χ0) is 16.1. The molecular weight excluding hydrogens is 287 g/mol. The minimum atomic E-state index is -0.693. The Hall–Kier alpha value is -3.33. The molecule has 3 N–H and O–H groups in total. The highest BCUT2D eigenvalue weighted by Gasteiger charge is 2.11. The second kappa shape index (κ2) is 6.41. The van der Waals surface area contributed by atoms with Gasteiger partial charge in [-0.1, -0.05) is 0 Å². The summed E-state index contributed by atoms with van der Waals surface area (Å²) in [6.45, 7) is 0. The molecule has 0 spiro atoms. The van der Waals surface area contributed by atoms with Crippen molar-refractivity contribution in [2.24, 2.45) is 0 Å². The molecule has 0 aromatic heterocycles. The lowest BCUT2D eigenvalue weighted by Crippen LogP contribution is -2.13. The van der Waals surface area contributed by atoms with Crippen LogP contribution in [0.15, 0.2) is 48.0 Å². The molecule has 0 bridgehead atoms. The second-order valence-electron chi connectivity index (χ2n) is 4.37. The van der Waals surface area contributed by atoms with Crippen molar-refractivity contribution >= 4 is 17.7 Å². The van der Waals surface area contributed by atoms with Gasteiger partial charge in [0.1, 0.15) is 29.0 Å². The molecule has 0 atom stereocenters. The number of hydrogen-bond acceptors (Lipinski definition) is 4. The highest BCUT2D eigenvalue weighted by molar-refractivity contribution is 6.09. The number of halogens is 1. The summed E-state index contributed by atoms with van der Waals surface area (Å²) in [5.74, 6) is -1.53. The van der Waals surface area contributed by atoms with Crippen LogP contribution in [0, 0.1) is 17.1 Å². The lowest BCUT2D eigenvalue weighted by Gasteiger charge is -2.05. The van der Waals surface area contributed by atoms with E-state index in [1.165, 1.54) is 42.5 Å². The van der Waals surface area contributed by atoms with E-state index in [4.69, 9.17) is 5.26 Å². The Kier molecular flexibility index (Phi) is 4.39. The highest BCUT2D eigenvalue weighted by atomic mass is 19.1. The van der Waals surface area contributed by atoms with Crippen molar-refractivity contribution in [3.05, 3.63) is 59.4 Å². The fourth-order valence-electron chi connectivity index (χ4n) is 1.69. The fraction of sp³-hybridized carbons (Fsp3) is 0. The molecule has 0 aliphatic heterocycles. The monoisotopic (exact) mass is 298 g/mol. The number of hydrogen-bond donors (Lipinski definition) is 3. The Bertz CT molecular complexity index is 777. The average molecular weight is 298 g/mol. The first-order valence-corrected chi connectivity index (χ1v) is 6.20. The summed E-state index contributed by atoms with van der Waals surface area (Å²) in [4.78, 5) is 12.0. The fourth-order valence-corrected chi connectivity index (χ4v) is 1.69. The third kappa shape index (κ3) is 3.61. The van der Waals surface area contributed by atoms with E-state index in [2.05, 4.69) is 5.32 Å². The van der Waals surface area contributed by atoms with Gasteiger partial charge in [0.2, 0.25) is 0 Å². The van der Waals surface area contributed by atoms with E-state index in [0.717, 1.165) is 6.07 Å². The van der Waals surface area contributed by atoms with E-state index in [9.17, 15) is 19.4 Å². The van der Waals surface area contributed by atoms with Crippen LogP contribution in [-0.4, -0.2) is 16.1 Å². The van der Waals surface area contributed by atoms with Crippen molar-refractivity contribution in [2.45, 2.75) is 0 Å². The van der Waals surface area contributed by atoms with Crippen LogP contribution >= 0.6 is 0 Å². The summed E-state index contributed by atoms with van der Waals surface area (Å²) in [6, 6.07) is 10.6. The zero-order valence-electron chi connectivity index (χ0n) is 11.2. The summed E-state index contributed by atoms with van der Waals surface area (Å²) in [5, 5.41) is 30.3. The first-order valence-electron chi connectivity index (χ1n) is 6.20. The maximum atomic E-state index is 12.8. The van der Waals surface area contributed by atoms with Gasteiger partial charge in [-0.05, 0) is 42.5 Å². The number of phenols is 2. The number of rotatable bonds is 3. The number of nitriles is 1. The first kappa shape index (κ1) is 15.1. The van der Waals surface area contributed by atoms with Gasteiger partial charge in [-0.15, -0.1) is 0 Å². The molecular formula is C16H11FN2O3. The SMILES string of the molecule is N#CC(=Cc1ccc(O)cc1O)C(=O)Nc1ccc(F)cc1. The summed E-state index contributed by atoms with van der Waals surface area (Å²) in [5.41, 5.74) is 0.302. The molecule has 2 aromatic rings. The van der Waals surface area contributed by atoms with E-state index in [1.54, 1.807) is 6.07 Å². The maximum Gasteiger partial charge on any atom is 0.266 e. The predicted molar refractivity (Wildman–Crippen MR) is 78.4 cm³/mol. The van der Waals surface area contributed by atoms with Crippen LogP contribution in [0.3, 0.4) is 0 Å². The Labute approximate surface area is 125 Å². The molecule has 0 aliphatic carbocycles. The summed E-state index contributed by atoms with van der Waals surface area (Å²) in [7, 11) is 0. The van der Waals surface area contributed by atoms with Crippen molar-refractivity contribution in [3.63, 3.8) is 0 Å². The van der Waals surface area contributed by atoms with Gasteiger partial charge in [-0.3, -0.25) is 4.79 Å². The molecule has 1 amide bonds. The number of amides is 1. The highest BCUT2D eigenvalue weighted by Crippen LogP contribution is 2.24. The van der Waals surface area contributed by atoms with Gasteiger partial charge < -0.3 is 15.5 Å². The minimum Gasteiger partial charge on any atom is -0.508 e. The van der Waals surface area contributed by atoms with E-state index < -0.39 is 11.7 Å². The van der Waals surface area contributed by atoms with Gasteiger partial charge in [-0.2, -0.15) is 5.26 Å². The molecule has 2 aromatic carbocycles. The molecule has 0 heterocycles. The lowest BCUT2D eigenvalue weighted by atomic mass is 10.1. The third-order valence-electron chi connectivity index (χ3n) is 2.78. The van der Waals surface area contributed by atoms with Crippen LogP contribution in [-0.2, 0) is 4.79 Å². The van der Waals surface area contributed by atoms with Crippen LogP contribution in [0.4, 0.5) is 10.1 Å². The Balaban J connectivity index is 2.23. The van der Waals surface area contributed by atoms with E-state index in [0.29, 0.717) is 5.69 Å². The van der Waals surface area contributed by atoms with Gasteiger partial charge in [0, 0.05) is 17.3 Å². The van der Waals surface area contributed by atoms with Gasteiger partial charge in [-0.25, -0.2) is 4.39 Å². The topological polar surface area (TPSA) is 93.3 Å². The van der Waals surface area contributed by atoms with Crippen LogP contribution < -0.4 is 5.32 Å².